The van der Waals surface area contributed by atoms with Gasteiger partial charge in [0.1, 0.15) is 15.8 Å². The van der Waals surface area contributed by atoms with Gasteiger partial charge in [0.15, 0.2) is 0 Å². The predicted octanol–water partition coefficient (Wildman–Crippen LogP) is 2.67. The van der Waals surface area contributed by atoms with Crippen molar-refractivity contribution in [2.75, 3.05) is 5.32 Å². The zero-order valence-corrected chi connectivity index (χ0v) is 12.5. The molecule has 0 radical (unpaired) electrons. The molecule has 0 spiro atoms. The summed E-state index contributed by atoms with van der Waals surface area (Å²) in [5.74, 6) is 0.785. The Morgan fingerprint density at radius 2 is 2.21 bits per heavy atom. The molecule has 5 heteroatoms. The highest BCUT2D eigenvalue weighted by molar-refractivity contribution is 14.1. The number of rotatable bonds is 2. The van der Waals surface area contributed by atoms with Gasteiger partial charge < -0.3 is 10.4 Å². The fourth-order valence-electron chi connectivity index (χ4n) is 2.43. The van der Waals surface area contributed by atoms with Crippen molar-refractivity contribution >= 4 is 34.1 Å². The van der Waals surface area contributed by atoms with Crippen LogP contribution in [0.1, 0.15) is 17.5 Å². The highest BCUT2D eigenvalue weighted by Crippen LogP contribution is 2.29. The monoisotopic (exact) mass is 367 g/mol. The largest absolute Gasteiger partial charge is 0.393 e. The average Bonchev–Trinajstić information content (AvgIpc) is 2.39. The van der Waals surface area contributed by atoms with Crippen LogP contribution in [-0.2, 0) is 12.8 Å². The summed E-state index contributed by atoms with van der Waals surface area (Å²) in [7, 11) is 0. The molecular weight excluding hydrogens is 353 g/mol. The molecule has 2 N–H and O–H groups in total. The lowest BCUT2D eigenvalue weighted by Crippen LogP contribution is -2.19. The number of hydrogen-bond acceptors (Lipinski definition) is 4. The van der Waals surface area contributed by atoms with Crippen molar-refractivity contribution in [3.05, 3.63) is 45.4 Å². The molecule has 4 nitrogen and oxygen atoms in total. The molecular formula is C14H14IN3O. The van der Waals surface area contributed by atoms with Gasteiger partial charge in [-0.15, -0.1) is 0 Å². The third kappa shape index (κ3) is 2.87. The Morgan fingerprint density at radius 3 is 3.05 bits per heavy atom. The molecule has 0 bridgehead atoms. The van der Waals surface area contributed by atoms with Gasteiger partial charge in [-0.2, -0.15) is 0 Å². The third-order valence-electron chi connectivity index (χ3n) is 3.36. The number of aryl methyl sites for hydroxylation is 1. The molecule has 19 heavy (non-hydrogen) atoms. The summed E-state index contributed by atoms with van der Waals surface area (Å²) in [6.45, 7) is 0. The van der Waals surface area contributed by atoms with E-state index in [2.05, 4.69) is 43.9 Å². The molecule has 0 saturated heterocycles. The van der Waals surface area contributed by atoms with Gasteiger partial charge in [0, 0.05) is 18.2 Å². The summed E-state index contributed by atoms with van der Waals surface area (Å²) in [6.07, 6.45) is 3.81. The maximum atomic E-state index is 9.84. The van der Waals surface area contributed by atoms with Crippen LogP contribution in [0.15, 0.2) is 30.6 Å². The zero-order chi connectivity index (χ0) is 13.2. The highest BCUT2D eigenvalue weighted by atomic mass is 127. The highest BCUT2D eigenvalue weighted by Gasteiger charge is 2.19. The first-order valence-electron chi connectivity index (χ1n) is 6.26. The Balaban J connectivity index is 1.93. The van der Waals surface area contributed by atoms with Crippen LogP contribution in [0.3, 0.4) is 0 Å². The summed E-state index contributed by atoms with van der Waals surface area (Å²) in [5, 5.41) is 13.2. The second-order valence-electron chi connectivity index (χ2n) is 4.69. The van der Waals surface area contributed by atoms with Crippen LogP contribution in [0, 0.1) is 3.70 Å². The van der Waals surface area contributed by atoms with Crippen LogP contribution >= 0.6 is 22.6 Å². The van der Waals surface area contributed by atoms with Gasteiger partial charge >= 0.3 is 0 Å². The minimum Gasteiger partial charge on any atom is -0.393 e. The lowest BCUT2D eigenvalue weighted by atomic mass is 9.88. The molecule has 1 aromatic heterocycles. The van der Waals surface area contributed by atoms with E-state index in [0.717, 1.165) is 28.0 Å². The van der Waals surface area contributed by atoms with Crippen molar-refractivity contribution in [1.82, 2.24) is 9.97 Å². The van der Waals surface area contributed by atoms with Gasteiger partial charge in [-0.3, -0.25) is 0 Å². The van der Waals surface area contributed by atoms with E-state index in [0.29, 0.717) is 6.42 Å². The number of hydrogen-bond donors (Lipinski definition) is 2. The van der Waals surface area contributed by atoms with E-state index in [4.69, 9.17) is 0 Å². The van der Waals surface area contributed by atoms with E-state index < -0.39 is 0 Å². The minimum absolute atomic E-state index is 0.235. The second-order valence-corrected chi connectivity index (χ2v) is 5.80. The first-order valence-corrected chi connectivity index (χ1v) is 7.33. The molecule has 1 unspecified atom stereocenters. The van der Waals surface area contributed by atoms with Gasteiger partial charge in [0.2, 0.25) is 0 Å². The van der Waals surface area contributed by atoms with E-state index in [1.807, 2.05) is 18.2 Å². The Hall–Kier alpha value is -1.21. The minimum atomic E-state index is -0.235. The number of nitrogens with zero attached hydrogens (tertiary/aromatic N) is 2. The first-order chi connectivity index (χ1) is 9.22. The first kappa shape index (κ1) is 12.8. The summed E-state index contributed by atoms with van der Waals surface area (Å²) < 4.78 is 0.903. The second kappa shape index (κ2) is 5.42. The SMILES string of the molecule is OC1CCc2cccc(Nc3cc(I)ncn3)c2C1. The fourth-order valence-corrected chi connectivity index (χ4v) is 2.85. The van der Waals surface area contributed by atoms with Crippen LogP contribution in [0.5, 0.6) is 0 Å². The standard InChI is InChI=1S/C14H14IN3O/c15-13-7-14(17-8-16-13)18-12-3-1-2-9-4-5-10(19)6-11(9)12/h1-3,7-8,10,19H,4-6H2,(H,16,17,18). The number of aliphatic hydroxyl groups excluding tert-OH is 1. The Bertz CT molecular complexity index is 603. The number of benzene rings is 1. The Labute approximate surface area is 125 Å². The molecule has 0 fully saturated rings. The van der Waals surface area contributed by atoms with Crippen LogP contribution in [0.4, 0.5) is 11.5 Å². The number of nitrogens with one attached hydrogen (secondary N) is 1. The molecule has 2 aromatic rings. The number of anilines is 2. The summed E-state index contributed by atoms with van der Waals surface area (Å²) in [5.41, 5.74) is 3.56. The molecule has 0 saturated carbocycles. The van der Waals surface area contributed by atoms with Gasteiger partial charge in [0.25, 0.3) is 0 Å². The topological polar surface area (TPSA) is 58.0 Å². The fraction of sp³-hybridized carbons (Fsp3) is 0.286. The molecule has 1 aliphatic carbocycles. The summed E-state index contributed by atoms with van der Waals surface area (Å²) in [4.78, 5) is 8.29. The third-order valence-corrected chi connectivity index (χ3v) is 3.95. The Morgan fingerprint density at radius 1 is 1.32 bits per heavy atom. The predicted molar refractivity (Wildman–Crippen MR) is 82.5 cm³/mol. The van der Waals surface area contributed by atoms with E-state index >= 15 is 0 Å². The van der Waals surface area contributed by atoms with E-state index in [9.17, 15) is 5.11 Å². The number of halogens is 1. The quantitative estimate of drug-likeness (QED) is 0.633. The van der Waals surface area contributed by atoms with Crippen molar-refractivity contribution in [2.24, 2.45) is 0 Å². The van der Waals surface area contributed by atoms with Crippen LogP contribution in [0.25, 0.3) is 0 Å². The molecule has 98 valence electrons. The maximum absolute atomic E-state index is 9.84. The zero-order valence-electron chi connectivity index (χ0n) is 10.3. The van der Waals surface area contributed by atoms with Crippen LogP contribution in [-0.4, -0.2) is 21.2 Å². The molecule has 0 amide bonds. The smallest absolute Gasteiger partial charge is 0.134 e. The van der Waals surface area contributed by atoms with E-state index in [-0.39, 0.29) is 6.10 Å². The summed E-state index contributed by atoms with van der Waals surface area (Å²) in [6, 6.07) is 8.12. The lowest BCUT2D eigenvalue weighted by Gasteiger charge is -2.23. The van der Waals surface area contributed by atoms with Crippen molar-refractivity contribution in [3.63, 3.8) is 0 Å². The number of aliphatic hydroxyl groups is 1. The molecule has 0 aliphatic heterocycles. The van der Waals surface area contributed by atoms with Crippen molar-refractivity contribution in [2.45, 2.75) is 25.4 Å². The normalized spacial score (nSPS) is 17.9. The maximum Gasteiger partial charge on any atom is 0.134 e. The van der Waals surface area contributed by atoms with E-state index in [1.165, 1.54) is 11.1 Å². The van der Waals surface area contributed by atoms with Crippen molar-refractivity contribution in [3.8, 4) is 0 Å². The van der Waals surface area contributed by atoms with Gasteiger partial charge in [0.05, 0.1) is 6.10 Å². The van der Waals surface area contributed by atoms with Crippen molar-refractivity contribution < 1.29 is 5.11 Å². The van der Waals surface area contributed by atoms with Gasteiger partial charge in [-0.05, 0) is 52.6 Å². The number of aromatic nitrogens is 2. The molecule has 1 heterocycles. The Kier molecular flexibility index (Phi) is 3.65. The van der Waals surface area contributed by atoms with Gasteiger partial charge in [-0.1, -0.05) is 12.1 Å². The van der Waals surface area contributed by atoms with Crippen LogP contribution in [0.2, 0.25) is 0 Å². The van der Waals surface area contributed by atoms with E-state index in [1.54, 1.807) is 6.33 Å². The molecule has 1 atom stereocenters. The molecule has 1 aromatic carbocycles. The lowest BCUT2D eigenvalue weighted by molar-refractivity contribution is 0.159. The number of fused-ring (bicyclic) bond motifs is 1. The van der Waals surface area contributed by atoms with Crippen molar-refractivity contribution in [1.29, 1.82) is 0 Å². The van der Waals surface area contributed by atoms with Crippen LogP contribution < -0.4 is 5.32 Å². The average molecular weight is 367 g/mol. The van der Waals surface area contributed by atoms with Gasteiger partial charge in [-0.25, -0.2) is 9.97 Å². The molecule has 1 aliphatic rings. The molecule has 3 rings (SSSR count). The summed E-state index contributed by atoms with van der Waals surface area (Å²) >= 11 is 2.16.